The molecule has 1 fully saturated rings. The third-order valence-corrected chi connectivity index (χ3v) is 4.51. The van der Waals surface area contributed by atoms with Gasteiger partial charge in [-0.15, -0.1) is 0 Å². The highest BCUT2D eigenvalue weighted by molar-refractivity contribution is 9.10. The van der Waals surface area contributed by atoms with Gasteiger partial charge < -0.3 is 4.90 Å². The van der Waals surface area contributed by atoms with Crippen LogP contribution >= 0.6 is 15.9 Å². The van der Waals surface area contributed by atoms with Crippen molar-refractivity contribution < 1.29 is 0 Å². The highest BCUT2D eigenvalue weighted by Gasteiger charge is 2.24. The molecule has 19 heavy (non-hydrogen) atoms. The predicted molar refractivity (Wildman–Crippen MR) is 84.9 cm³/mol. The standard InChI is InChI=1S/C17H18BrN/c1-13-4-2-3-5-17(13)19-11-10-15(12-19)14-6-8-16(18)9-7-14/h2-9,15H,10-12H2,1H3. The van der Waals surface area contributed by atoms with E-state index in [2.05, 4.69) is 76.3 Å². The zero-order chi connectivity index (χ0) is 13.2. The average Bonchev–Trinajstić information content (AvgIpc) is 2.89. The molecule has 1 saturated heterocycles. The van der Waals surface area contributed by atoms with Crippen LogP contribution in [0.1, 0.15) is 23.5 Å². The zero-order valence-corrected chi connectivity index (χ0v) is 12.7. The smallest absolute Gasteiger partial charge is 0.0396 e. The molecule has 3 rings (SSSR count). The van der Waals surface area contributed by atoms with Gasteiger partial charge >= 0.3 is 0 Å². The Hall–Kier alpha value is -1.28. The Kier molecular flexibility index (Phi) is 3.61. The molecule has 0 spiro atoms. The second-order valence-electron chi connectivity index (χ2n) is 5.27. The molecule has 0 aliphatic carbocycles. The lowest BCUT2D eigenvalue weighted by atomic mass is 9.99. The molecule has 98 valence electrons. The normalized spacial score (nSPS) is 18.8. The van der Waals surface area contributed by atoms with E-state index in [1.807, 2.05) is 0 Å². The van der Waals surface area contributed by atoms with Crippen LogP contribution in [0.4, 0.5) is 5.69 Å². The minimum absolute atomic E-state index is 0.660. The molecule has 2 heteroatoms. The summed E-state index contributed by atoms with van der Waals surface area (Å²) in [5.74, 6) is 0.660. The summed E-state index contributed by atoms with van der Waals surface area (Å²) in [6.07, 6.45) is 1.25. The Morgan fingerprint density at radius 1 is 1.05 bits per heavy atom. The molecule has 2 aromatic rings. The number of hydrogen-bond acceptors (Lipinski definition) is 1. The largest absolute Gasteiger partial charge is 0.371 e. The van der Waals surface area contributed by atoms with Crippen LogP contribution in [0.25, 0.3) is 0 Å². The topological polar surface area (TPSA) is 3.24 Å². The summed E-state index contributed by atoms with van der Waals surface area (Å²) in [6.45, 7) is 4.49. The third-order valence-electron chi connectivity index (χ3n) is 3.99. The number of anilines is 1. The van der Waals surface area contributed by atoms with E-state index in [1.54, 1.807) is 0 Å². The maximum atomic E-state index is 3.50. The number of aryl methyl sites for hydroxylation is 1. The summed E-state index contributed by atoms with van der Waals surface area (Å²) in [5.41, 5.74) is 4.22. The van der Waals surface area contributed by atoms with E-state index in [9.17, 15) is 0 Å². The van der Waals surface area contributed by atoms with E-state index >= 15 is 0 Å². The van der Waals surface area contributed by atoms with Crippen LogP contribution in [0, 0.1) is 6.92 Å². The first-order valence-electron chi connectivity index (χ1n) is 6.80. The van der Waals surface area contributed by atoms with Crippen LogP contribution in [0.3, 0.4) is 0 Å². The van der Waals surface area contributed by atoms with Crippen molar-refractivity contribution in [3.63, 3.8) is 0 Å². The van der Waals surface area contributed by atoms with Gasteiger partial charge in [0.15, 0.2) is 0 Å². The first kappa shape index (κ1) is 12.7. The number of rotatable bonds is 2. The van der Waals surface area contributed by atoms with E-state index in [1.165, 1.54) is 23.2 Å². The van der Waals surface area contributed by atoms with Gasteiger partial charge in [-0.2, -0.15) is 0 Å². The van der Waals surface area contributed by atoms with Gasteiger partial charge in [0.2, 0.25) is 0 Å². The highest BCUT2D eigenvalue weighted by Crippen LogP contribution is 2.32. The van der Waals surface area contributed by atoms with Crippen molar-refractivity contribution in [2.45, 2.75) is 19.3 Å². The predicted octanol–water partition coefficient (Wildman–Crippen LogP) is 4.75. The summed E-state index contributed by atoms with van der Waals surface area (Å²) in [5, 5.41) is 0. The molecule has 1 aliphatic heterocycles. The Labute approximate surface area is 123 Å². The van der Waals surface area contributed by atoms with Crippen LogP contribution in [0.5, 0.6) is 0 Å². The molecular weight excluding hydrogens is 298 g/mol. The molecule has 0 N–H and O–H groups in total. The van der Waals surface area contributed by atoms with Crippen LogP contribution in [-0.2, 0) is 0 Å². The Morgan fingerprint density at radius 3 is 2.53 bits per heavy atom. The van der Waals surface area contributed by atoms with Crippen molar-refractivity contribution in [1.29, 1.82) is 0 Å². The lowest BCUT2D eigenvalue weighted by Gasteiger charge is -2.21. The molecule has 0 saturated carbocycles. The first-order chi connectivity index (χ1) is 9.24. The molecule has 0 amide bonds. The Balaban J connectivity index is 1.77. The van der Waals surface area contributed by atoms with Gasteiger partial charge in [0.1, 0.15) is 0 Å². The molecule has 1 heterocycles. The lowest BCUT2D eigenvalue weighted by molar-refractivity contribution is 0.775. The van der Waals surface area contributed by atoms with Gasteiger partial charge in [-0.05, 0) is 42.7 Å². The molecule has 0 radical (unpaired) electrons. The number of benzene rings is 2. The van der Waals surface area contributed by atoms with E-state index in [0.717, 1.165) is 17.6 Å². The van der Waals surface area contributed by atoms with Gasteiger partial charge in [0.05, 0.1) is 0 Å². The molecule has 1 aliphatic rings. The number of para-hydroxylation sites is 1. The number of nitrogens with zero attached hydrogens (tertiary/aromatic N) is 1. The van der Waals surface area contributed by atoms with Crippen LogP contribution < -0.4 is 4.90 Å². The number of halogens is 1. The van der Waals surface area contributed by atoms with Crippen LogP contribution in [0.15, 0.2) is 53.0 Å². The van der Waals surface area contributed by atoms with E-state index in [-0.39, 0.29) is 0 Å². The van der Waals surface area contributed by atoms with E-state index in [0.29, 0.717) is 5.92 Å². The fourth-order valence-corrected chi connectivity index (χ4v) is 3.17. The van der Waals surface area contributed by atoms with Crippen LogP contribution in [-0.4, -0.2) is 13.1 Å². The second-order valence-corrected chi connectivity index (χ2v) is 6.19. The molecule has 1 atom stereocenters. The maximum Gasteiger partial charge on any atom is 0.0396 e. The highest BCUT2D eigenvalue weighted by atomic mass is 79.9. The average molecular weight is 316 g/mol. The third kappa shape index (κ3) is 2.69. The molecular formula is C17H18BrN. The van der Waals surface area contributed by atoms with Crippen molar-refractivity contribution in [3.05, 3.63) is 64.1 Å². The summed E-state index contributed by atoms with van der Waals surface area (Å²) in [6, 6.07) is 17.5. The molecule has 0 bridgehead atoms. The Morgan fingerprint density at radius 2 is 1.79 bits per heavy atom. The SMILES string of the molecule is Cc1ccccc1N1CCC(c2ccc(Br)cc2)C1. The summed E-state index contributed by atoms with van der Waals surface area (Å²) >= 11 is 3.50. The van der Waals surface area contributed by atoms with Gasteiger partial charge in [-0.3, -0.25) is 0 Å². The van der Waals surface area contributed by atoms with Crippen molar-refractivity contribution >= 4 is 21.6 Å². The van der Waals surface area contributed by atoms with Gasteiger partial charge in [-0.1, -0.05) is 46.3 Å². The molecule has 2 aromatic carbocycles. The van der Waals surface area contributed by atoms with E-state index < -0.39 is 0 Å². The van der Waals surface area contributed by atoms with Gasteiger partial charge in [-0.25, -0.2) is 0 Å². The summed E-state index contributed by atoms with van der Waals surface area (Å²) in [7, 11) is 0. The van der Waals surface area contributed by atoms with Gasteiger partial charge in [0.25, 0.3) is 0 Å². The fourth-order valence-electron chi connectivity index (χ4n) is 2.90. The van der Waals surface area contributed by atoms with Crippen LogP contribution in [0.2, 0.25) is 0 Å². The summed E-state index contributed by atoms with van der Waals surface area (Å²) in [4.78, 5) is 2.52. The molecule has 0 aromatic heterocycles. The van der Waals surface area contributed by atoms with Crippen molar-refractivity contribution in [2.24, 2.45) is 0 Å². The van der Waals surface area contributed by atoms with Crippen molar-refractivity contribution in [1.82, 2.24) is 0 Å². The first-order valence-corrected chi connectivity index (χ1v) is 7.59. The van der Waals surface area contributed by atoms with E-state index in [4.69, 9.17) is 0 Å². The summed E-state index contributed by atoms with van der Waals surface area (Å²) < 4.78 is 1.16. The lowest BCUT2D eigenvalue weighted by Crippen LogP contribution is -2.20. The second kappa shape index (κ2) is 5.38. The zero-order valence-electron chi connectivity index (χ0n) is 11.1. The number of hydrogen-bond donors (Lipinski definition) is 0. The van der Waals surface area contributed by atoms with Gasteiger partial charge in [0, 0.05) is 29.2 Å². The molecule has 1 unspecified atom stereocenters. The molecule has 1 nitrogen and oxygen atoms in total. The minimum Gasteiger partial charge on any atom is -0.371 e. The minimum atomic E-state index is 0.660. The quantitative estimate of drug-likeness (QED) is 0.773. The Bertz CT molecular complexity index is 562. The van der Waals surface area contributed by atoms with Crippen molar-refractivity contribution in [2.75, 3.05) is 18.0 Å². The van der Waals surface area contributed by atoms with Crippen molar-refractivity contribution in [3.8, 4) is 0 Å². The maximum absolute atomic E-state index is 3.50. The monoisotopic (exact) mass is 315 g/mol. The fraction of sp³-hybridized carbons (Fsp3) is 0.294.